The molecular formula is C15H19BrFN. The molecule has 1 aromatic rings. The Bertz CT molecular complexity index is 438. The maximum atomic E-state index is 14.0. The zero-order valence-electron chi connectivity index (χ0n) is 10.6. The van der Waals surface area contributed by atoms with Crippen LogP contribution in [0, 0.1) is 23.6 Å². The zero-order chi connectivity index (χ0) is 12.7. The zero-order valence-corrected chi connectivity index (χ0v) is 12.2. The molecule has 2 fully saturated rings. The highest BCUT2D eigenvalue weighted by Crippen LogP contribution is 2.62. The van der Waals surface area contributed by atoms with E-state index in [1.807, 2.05) is 6.07 Å². The maximum absolute atomic E-state index is 14.0. The second-order valence-electron chi connectivity index (χ2n) is 5.54. The van der Waals surface area contributed by atoms with Crippen molar-refractivity contribution >= 4 is 15.9 Å². The van der Waals surface area contributed by atoms with Gasteiger partial charge in [0.25, 0.3) is 0 Å². The third-order valence-corrected chi connectivity index (χ3v) is 5.07. The van der Waals surface area contributed by atoms with Gasteiger partial charge in [0, 0.05) is 16.1 Å². The number of nitrogens with one attached hydrogen (secondary N) is 1. The van der Waals surface area contributed by atoms with Crippen LogP contribution < -0.4 is 5.32 Å². The van der Waals surface area contributed by atoms with Gasteiger partial charge < -0.3 is 5.32 Å². The van der Waals surface area contributed by atoms with Crippen molar-refractivity contribution in [1.82, 2.24) is 5.32 Å². The van der Waals surface area contributed by atoms with Gasteiger partial charge >= 0.3 is 0 Å². The minimum Gasteiger partial charge on any atom is -0.310 e. The average Bonchev–Trinajstić information content (AvgIpc) is 2.82. The fraction of sp³-hybridized carbons (Fsp3) is 0.600. The molecule has 0 spiro atoms. The Morgan fingerprint density at radius 3 is 2.78 bits per heavy atom. The third-order valence-electron chi connectivity index (χ3n) is 4.57. The van der Waals surface area contributed by atoms with Gasteiger partial charge in [-0.1, -0.05) is 29.3 Å². The van der Waals surface area contributed by atoms with Crippen molar-refractivity contribution in [1.29, 1.82) is 0 Å². The second kappa shape index (κ2) is 4.93. The molecule has 3 heteroatoms. The first-order chi connectivity index (χ1) is 8.72. The SMILES string of the molecule is CCNC(c1cc(Br)ccc1F)C1C2CCCC21. The summed E-state index contributed by atoms with van der Waals surface area (Å²) in [4.78, 5) is 0. The van der Waals surface area contributed by atoms with Crippen LogP contribution in [0.5, 0.6) is 0 Å². The van der Waals surface area contributed by atoms with E-state index < -0.39 is 0 Å². The average molecular weight is 312 g/mol. The Balaban J connectivity index is 1.87. The summed E-state index contributed by atoms with van der Waals surface area (Å²) in [5.74, 6) is 2.26. The molecule has 3 rings (SSSR count). The van der Waals surface area contributed by atoms with Crippen molar-refractivity contribution in [2.45, 2.75) is 32.2 Å². The Kier molecular flexibility index (Phi) is 3.46. The normalized spacial score (nSPS) is 31.2. The largest absolute Gasteiger partial charge is 0.310 e. The molecule has 3 atom stereocenters. The van der Waals surface area contributed by atoms with Gasteiger partial charge in [0.2, 0.25) is 0 Å². The lowest BCUT2D eigenvalue weighted by atomic mass is 9.96. The first-order valence-corrected chi connectivity index (χ1v) is 7.70. The van der Waals surface area contributed by atoms with E-state index in [1.54, 1.807) is 12.1 Å². The first-order valence-electron chi connectivity index (χ1n) is 6.90. The number of fused-ring (bicyclic) bond motifs is 1. The Morgan fingerprint density at radius 2 is 2.11 bits per heavy atom. The summed E-state index contributed by atoms with van der Waals surface area (Å²) in [5, 5.41) is 3.50. The maximum Gasteiger partial charge on any atom is 0.128 e. The van der Waals surface area contributed by atoms with Crippen molar-refractivity contribution in [3.05, 3.63) is 34.1 Å². The fourth-order valence-corrected chi connectivity index (χ4v) is 4.18. The van der Waals surface area contributed by atoms with Crippen molar-refractivity contribution in [3.63, 3.8) is 0 Å². The summed E-state index contributed by atoms with van der Waals surface area (Å²) < 4.78 is 15.0. The molecule has 0 saturated heterocycles. The number of halogens is 2. The molecule has 98 valence electrons. The van der Waals surface area contributed by atoms with E-state index in [-0.39, 0.29) is 11.9 Å². The van der Waals surface area contributed by atoms with Gasteiger partial charge in [-0.3, -0.25) is 0 Å². The van der Waals surface area contributed by atoms with Gasteiger partial charge in [-0.15, -0.1) is 0 Å². The van der Waals surface area contributed by atoms with Crippen molar-refractivity contribution in [2.75, 3.05) is 6.54 Å². The number of hydrogen-bond donors (Lipinski definition) is 1. The Labute approximate surface area is 116 Å². The quantitative estimate of drug-likeness (QED) is 0.875. The number of hydrogen-bond acceptors (Lipinski definition) is 1. The molecule has 1 N–H and O–H groups in total. The number of rotatable bonds is 4. The molecule has 2 aliphatic rings. The van der Waals surface area contributed by atoms with Crippen LogP contribution in [0.4, 0.5) is 4.39 Å². The first kappa shape index (κ1) is 12.6. The highest BCUT2D eigenvalue weighted by atomic mass is 79.9. The summed E-state index contributed by atoms with van der Waals surface area (Å²) >= 11 is 3.45. The summed E-state index contributed by atoms with van der Waals surface area (Å²) in [6.07, 6.45) is 4.05. The topological polar surface area (TPSA) is 12.0 Å². The predicted molar refractivity (Wildman–Crippen MR) is 74.8 cm³/mol. The van der Waals surface area contributed by atoms with E-state index in [2.05, 4.69) is 28.2 Å². The van der Waals surface area contributed by atoms with Crippen LogP contribution in [0.1, 0.15) is 37.8 Å². The summed E-state index contributed by atoms with van der Waals surface area (Å²) in [5.41, 5.74) is 0.839. The predicted octanol–water partition coefficient (Wildman–Crippen LogP) is 4.28. The van der Waals surface area contributed by atoms with Crippen molar-refractivity contribution in [3.8, 4) is 0 Å². The monoisotopic (exact) mass is 311 g/mol. The van der Waals surface area contributed by atoms with Gasteiger partial charge in [-0.05, 0) is 55.3 Å². The lowest BCUT2D eigenvalue weighted by molar-refractivity contribution is 0.411. The van der Waals surface area contributed by atoms with Gasteiger partial charge in [0.05, 0.1) is 0 Å². The molecule has 1 nitrogen and oxygen atoms in total. The van der Waals surface area contributed by atoms with E-state index in [0.29, 0.717) is 5.92 Å². The molecule has 2 saturated carbocycles. The third kappa shape index (κ3) is 2.12. The molecule has 2 aliphatic carbocycles. The lowest BCUT2D eigenvalue weighted by Crippen LogP contribution is -2.25. The van der Waals surface area contributed by atoms with E-state index in [4.69, 9.17) is 0 Å². The van der Waals surface area contributed by atoms with E-state index in [0.717, 1.165) is 28.4 Å². The molecule has 0 amide bonds. The van der Waals surface area contributed by atoms with Crippen LogP contribution >= 0.6 is 15.9 Å². The molecule has 0 heterocycles. The Hall–Kier alpha value is -0.410. The van der Waals surface area contributed by atoms with Gasteiger partial charge in [0.15, 0.2) is 0 Å². The highest BCUT2D eigenvalue weighted by molar-refractivity contribution is 9.10. The van der Waals surface area contributed by atoms with Gasteiger partial charge in [0.1, 0.15) is 5.82 Å². The highest BCUT2D eigenvalue weighted by Gasteiger charge is 2.56. The van der Waals surface area contributed by atoms with Crippen LogP contribution in [0.2, 0.25) is 0 Å². The molecule has 1 aromatic carbocycles. The molecule has 3 unspecified atom stereocenters. The molecule has 18 heavy (non-hydrogen) atoms. The Morgan fingerprint density at radius 1 is 1.39 bits per heavy atom. The van der Waals surface area contributed by atoms with Crippen LogP contribution in [0.25, 0.3) is 0 Å². The van der Waals surface area contributed by atoms with Crippen LogP contribution in [-0.2, 0) is 0 Å². The minimum absolute atomic E-state index is 0.0749. The summed E-state index contributed by atoms with van der Waals surface area (Å²) in [7, 11) is 0. The van der Waals surface area contributed by atoms with Crippen molar-refractivity contribution < 1.29 is 4.39 Å². The molecule has 0 aliphatic heterocycles. The van der Waals surface area contributed by atoms with Gasteiger partial charge in [-0.2, -0.15) is 0 Å². The molecule has 0 radical (unpaired) electrons. The molecule has 0 bridgehead atoms. The fourth-order valence-electron chi connectivity index (χ4n) is 3.80. The smallest absolute Gasteiger partial charge is 0.128 e. The van der Waals surface area contributed by atoms with E-state index in [1.165, 1.54) is 19.3 Å². The van der Waals surface area contributed by atoms with Crippen LogP contribution in [0.15, 0.2) is 22.7 Å². The van der Waals surface area contributed by atoms with Crippen LogP contribution in [0.3, 0.4) is 0 Å². The number of benzene rings is 1. The lowest BCUT2D eigenvalue weighted by Gasteiger charge is -2.21. The van der Waals surface area contributed by atoms with Crippen LogP contribution in [-0.4, -0.2) is 6.54 Å². The minimum atomic E-state index is -0.0749. The van der Waals surface area contributed by atoms with Gasteiger partial charge in [-0.25, -0.2) is 4.39 Å². The standard InChI is InChI=1S/C15H19BrFN/c1-2-18-15(14-10-4-3-5-11(10)14)12-8-9(16)6-7-13(12)17/h6-8,10-11,14-15,18H,2-5H2,1H3. The summed E-state index contributed by atoms with van der Waals surface area (Å²) in [6.45, 7) is 2.99. The summed E-state index contributed by atoms with van der Waals surface area (Å²) in [6, 6.07) is 5.48. The second-order valence-corrected chi connectivity index (χ2v) is 6.45. The molecule has 0 aromatic heterocycles. The molecular weight excluding hydrogens is 293 g/mol. The van der Waals surface area contributed by atoms with Crippen molar-refractivity contribution in [2.24, 2.45) is 17.8 Å². The van der Waals surface area contributed by atoms with E-state index >= 15 is 0 Å². The van der Waals surface area contributed by atoms with E-state index in [9.17, 15) is 4.39 Å².